The van der Waals surface area contributed by atoms with Gasteiger partial charge >= 0.3 is 0 Å². The van der Waals surface area contributed by atoms with Crippen LogP contribution in [0.1, 0.15) is 72.1 Å². The number of unbranched alkanes of at least 4 members (excludes halogenated alkanes) is 6. The molecule has 3 atom stereocenters. The van der Waals surface area contributed by atoms with Crippen LogP contribution in [-0.2, 0) is 4.74 Å². The molecule has 3 nitrogen and oxygen atoms in total. The first-order valence-electron chi connectivity index (χ1n) is 7.35. The summed E-state index contributed by atoms with van der Waals surface area (Å²) < 4.78 is 5.50. The fourth-order valence-electron chi connectivity index (χ4n) is 1.82. The Labute approximate surface area is 112 Å². The van der Waals surface area contributed by atoms with E-state index in [-0.39, 0.29) is 12.2 Å². The van der Waals surface area contributed by atoms with E-state index in [9.17, 15) is 5.11 Å². The summed E-state index contributed by atoms with van der Waals surface area (Å²) >= 11 is 0. The number of hydrogen-bond acceptors (Lipinski definition) is 3. The highest BCUT2D eigenvalue weighted by atomic mass is 16.5. The van der Waals surface area contributed by atoms with Crippen molar-refractivity contribution in [3.05, 3.63) is 0 Å². The standard InChI is InChI=1S/C15H29NO2/c1-4-5-6-7-8-9-10-11-15(12-16)18-14(3)13(2)17/h13-15,17H,4-11H2,1-3H3. The predicted molar refractivity (Wildman–Crippen MR) is 74.2 cm³/mol. The van der Waals surface area contributed by atoms with Crippen LogP contribution in [0.15, 0.2) is 0 Å². The summed E-state index contributed by atoms with van der Waals surface area (Å²) in [5.41, 5.74) is 0. The third-order valence-electron chi connectivity index (χ3n) is 3.27. The molecule has 0 aromatic rings. The lowest BCUT2D eigenvalue weighted by atomic mass is 10.1. The van der Waals surface area contributed by atoms with Gasteiger partial charge in [0.05, 0.1) is 18.3 Å². The molecule has 0 bridgehead atoms. The monoisotopic (exact) mass is 255 g/mol. The molecule has 0 aromatic heterocycles. The van der Waals surface area contributed by atoms with Gasteiger partial charge in [-0.05, 0) is 26.7 Å². The molecule has 0 aliphatic heterocycles. The molecule has 3 unspecified atom stereocenters. The molecule has 0 aromatic carbocycles. The van der Waals surface area contributed by atoms with E-state index >= 15 is 0 Å². The lowest BCUT2D eigenvalue weighted by Crippen LogP contribution is -2.27. The summed E-state index contributed by atoms with van der Waals surface area (Å²) in [6.07, 6.45) is 8.33. The smallest absolute Gasteiger partial charge is 0.144 e. The van der Waals surface area contributed by atoms with Crippen molar-refractivity contribution in [2.45, 2.75) is 90.4 Å². The zero-order valence-corrected chi connectivity index (χ0v) is 12.2. The Morgan fingerprint density at radius 1 is 1.06 bits per heavy atom. The van der Waals surface area contributed by atoms with Crippen LogP contribution in [0.3, 0.4) is 0 Å². The lowest BCUT2D eigenvalue weighted by Gasteiger charge is -2.19. The van der Waals surface area contributed by atoms with Gasteiger partial charge in [-0.25, -0.2) is 0 Å². The molecule has 0 saturated heterocycles. The highest BCUT2D eigenvalue weighted by molar-refractivity contribution is 4.85. The Hall–Kier alpha value is -0.590. The minimum Gasteiger partial charge on any atom is -0.391 e. The molecule has 0 radical (unpaired) electrons. The van der Waals surface area contributed by atoms with Crippen LogP contribution >= 0.6 is 0 Å². The molecule has 0 aliphatic rings. The van der Waals surface area contributed by atoms with Gasteiger partial charge < -0.3 is 9.84 Å². The van der Waals surface area contributed by atoms with E-state index in [0.717, 1.165) is 12.8 Å². The van der Waals surface area contributed by atoms with Crippen molar-refractivity contribution >= 4 is 0 Å². The van der Waals surface area contributed by atoms with Crippen molar-refractivity contribution in [3.8, 4) is 6.07 Å². The topological polar surface area (TPSA) is 53.2 Å². The third-order valence-corrected chi connectivity index (χ3v) is 3.27. The maximum atomic E-state index is 9.32. The second-order valence-corrected chi connectivity index (χ2v) is 5.11. The molecule has 0 spiro atoms. The largest absolute Gasteiger partial charge is 0.391 e. The average molecular weight is 255 g/mol. The van der Waals surface area contributed by atoms with Crippen LogP contribution in [0.5, 0.6) is 0 Å². The molecule has 106 valence electrons. The zero-order chi connectivity index (χ0) is 13.8. The van der Waals surface area contributed by atoms with Crippen LogP contribution in [0.4, 0.5) is 0 Å². The minimum atomic E-state index is -0.519. The number of nitrogens with zero attached hydrogens (tertiary/aromatic N) is 1. The van der Waals surface area contributed by atoms with E-state index in [0.29, 0.717) is 0 Å². The van der Waals surface area contributed by atoms with Gasteiger partial charge in [0.15, 0.2) is 0 Å². The molecular formula is C15H29NO2. The number of hydrogen-bond donors (Lipinski definition) is 1. The first kappa shape index (κ1) is 17.4. The van der Waals surface area contributed by atoms with Gasteiger partial charge in [0, 0.05) is 0 Å². The number of aliphatic hydroxyl groups is 1. The molecular weight excluding hydrogens is 226 g/mol. The fourth-order valence-corrected chi connectivity index (χ4v) is 1.82. The molecule has 0 aliphatic carbocycles. The Morgan fingerprint density at radius 3 is 2.11 bits per heavy atom. The van der Waals surface area contributed by atoms with Gasteiger partial charge in [-0.3, -0.25) is 0 Å². The Balaban J connectivity index is 3.54. The molecule has 18 heavy (non-hydrogen) atoms. The van der Waals surface area contributed by atoms with Gasteiger partial charge in [-0.2, -0.15) is 5.26 Å². The molecule has 1 N–H and O–H groups in total. The van der Waals surface area contributed by atoms with Crippen LogP contribution < -0.4 is 0 Å². The lowest BCUT2D eigenvalue weighted by molar-refractivity contribution is -0.0442. The Bertz CT molecular complexity index is 223. The van der Waals surface area contributed by atoms with E-state index in [1.54, 1.807) is 13.8 Å². The van der Waals surface area contributed by atoms with Crippen molar-refractivity contribution in [2.24, 2.45) is 0 Å². The summed E-state index contributed by atoms with van der Waals surface area (Å²) in [6, 6.07) is 2.17. The van der Waals surface area contributed by atoms with E-state index in [2.05, 4.69) is 13.0 Å². The van der Waals surface area contributed by atoms with Gasteiger partial charge in [0.25, 0.3) is 0 Å². The van der Waals surface area contributed by atoms with E-state index < -0.39 is 6.10 Å². The number of aliphatic hydroxyl groups excluding tert-OH is 1. The third kappa shape index (κ3) is 9.44. The summed E-state index contributed by atoms with van der Waals surface area (Å²) in [4.78, 5) is 0. The highest BCUT2D eigenvalue weighted by Crippen LogP contribution is 2.12. The maximum absolute atomic E-state index is 9.32. The van der Waals surface area contributed by atoms with Crippen LogP contribution in [0.25, 0.3) is 0 Å². The number of ether oxygens (including phenoxy) is 1. The first-order valence-corrected chi connectivity index (χ1v) is 7.35. The molecule has 0 rings (SSSR count). The SMILES string of the molecule is CCCCCCCCCC(C#N)OC(C)C(C)O. The van der Waals surface area contributed by atoms with Crippen molar-refractivity contribution in [1.29, 1.82) is 5.26 Å². The van der Waals surface area contributed by atoms with Crippen molar-refractivity contribution < 1.29 is 9.84 Å². The average Bonchev–Trinajstić information content (AvgIpc) is 2.35. The van der Waals surface area contributed by atoms with Gasteiger partial charge in [0.1, 0.15) is 6.10 Å². The second-order valence-electron chi connectivity index (χ2n) is 5.11. The Morgan fingerprint density at radius 2 is 1.61 bits per heavy atom. The van der Waals surface area contributed by atoms with E-state index in [1.807, 2.05) is 0 Å². The summed E-state index contributed by atoms with van der Waals surface area (Å²) in [7, 11) is 0. The zero-order valence-electron chi connectivity index (χ0n) is 12.2. The summed E-state index contributed by atoms with van der Waals surface area (Å²) in [5.74, 6) is 0. The number of nitriles is 1. The van der Waals surface area contributed by atoms with Crippen LogP contribution in [0.2, 0.25) is 0 Å². The quantitative estimate of drug-likeness (QED) is 0.571. The van der Waals surface area contributed by atoms with Crippen molar-refractivity contribution in [1.82, 2.24) is 0 Å². The van der Waals surface area contributed by atoms with Gasteiger partial charge in [0.2, 0.25) is 0 Å². The summed E-state index contributed by atoms with van der Waals surface area (Å²) in [5, 5.41) is 18.3. The van der Waals surface area contributed by atoms with E-state index in [1.165, 1.54) is 38.5 Å². The molecule has 0 saturated carbocycles. The van der Waals surface area contributed by atoms with Gasteiger partial charge in [-0.1, -0.05) is 45.4 Å². The normalized spacial score (nSPS) is 15.9. The first-order chi connectivity index (χ1) is 8.61. The minimum absolute atomic E-state index is 0.265. The predicted octanol–water partition coefficient (Wildman–Crippen LogP) is 3.81. The summed E-state index contributed by atoms with van der Waals surface area (Å²) in [6.45, 7) is 5.71. The highest BCUT2D eigenvalue weighted by Gasteiger charge is 2.15. The van der Waals surface area contributed by atoms with Crippen LogP contribution in [0, 0.1) is 11.3 Å². The Kier molecular flexibility index (Phi) is 11.1. The van der Waals surface area contributed by atoms with Crippen molar-refractivity contribution in [3.63, 3.8) is 0 Å². The molecule has 3 heteroatoms. The molecule has 0 amide bonds. The van der Waals surface area contributed by atoms with Gasteiger partial charge in [-0.15, -0.1) is 0 Å². The maximum Gasteiger partial charge on any atom is 0.144 e. The van der Waals surface area contributed by atoms with Crippen molar-refractivity contribution in [2.75, 3.05) is 0 Å². The molecule has 0 heterocycles. The second kappa shape index (κ2) is 11.5. The molecule has 0 fully saturated rings. The number of rotatable bonds is 11. The van der Waals surface area contributed by atoms with Crippen LogP contribution in [-0.4, -0.2) is 23.4 Å². The van der Waals surface area contributed by atoms with E-state index in [4.69, 9.17) is 10.00 Å². The fraction of sp³-hybridized carbons (Fsp3) is 0.933.